The van der Waals surface area contributed by atoms with Crippen LogP contribution in [0.3, 0.4) is 0 Å². The van der Waals surface area contributed by atoms with Crippen molar-refractivity contribution in [3.8, 4) is 0 Å². The van der Waals surface area contributed by atoms with Crippen molar-refractivity contribution in [2.24, 2.45) is 5.73 Å². The molecule has 5 nitrogen and oxygen atoms in total. The van der Waals surface area contributed by atoms with E-state index in [1.165, 1.54) is 0 Å². The first-order chi connectivity index (χ1) is 12.4. The Labute approximate surface area is 156 Å². The quantitative estimate of drug-likeness (QED) is 0.717. The predicted octanol–water partition coefficient (Wildman–Crippen LogP) is 3.23. The fourth-order valence-electron chi connectivity index (χ4n) is 1.81. The van der Waals surface area contributed by atoms with Crippen LogP contribution in [0.15, 0.2) is 48.5 Å². The van der Waals surface area contributed by atoms with Gasteiger partial charge >= 0.3 is 0 Å². The number of nitrogens with two attached hydrogens (primary N) is 1. The van der Waals surface area contributed by atoms with Gasteiger partial charge in [-0.3, -0.25) is 9.59 Å². The molecule has 0 aromatic heterocycles. The number of rotatable bonds is 5. The summed E-state index contributed by atoms with van der Waals surface area (Å²) in [7, 11) is 0. The summed E-state index contributed by atoms with van der Waals surface area (Å²) in [5.41, 5.74) is 8.51. The van der Waals surface area contributed by atoms with Gasteiger partial charge in [0, 0.05) is 24.3 Å². The summed E-state index contributed by atoms with van der Waals surface area (Å²) in [6.07, 6.45) is 0.595. The summed E-state index contributed by atoms with van der Waals surface area (Å²) in [6.45, 7) is 8.57. The van der Waals surface area contributed by atoms with Crippen molar-refractivity contribution in [2.45, 2.75) is 34.1 Å². The molecule has 142 valence electrons. The fraction of sp³-hybridized carbons (Fsp3) is 0.333. The molecule has 0 unspecified atom stereocenters. The van der Waals surface area contributed by atoms with E-state index in [0.717, 1.165) is 11.1 Å². The monoisotopic (exact) mass is 358 g/mol. The third-order valence-electron chi connectivity index (χ3n) is 3.27. The van der Waals surface area contributed by atoms with E-state index in [0.29, 0.717) is 24.1 Å². The Morgan fingerprint density at radius 3 is 1.69 bits per heavy atom. The second kappa shape index (κ2) is 13.6. The number of aliphatic hydroxyl groups excluding tert-OH is 1. The van der Waals surface area contributed by atoms with Crippen LogP contribution in [0.5, 0.6) is 0 Å². The van der Waals surface area contributed by atoms with Gasteiger partial charge in [0.2, 0.25) is 5.91 Å². The number of carbonyl (C=O) groups excluding carboxylic acids is 2. The maximum atomic E-state index is 11.4. The Bertz CT molecular complexity index is 650. The molecular weight excluding hydrogens is 328 g/mol. The van der Waals surface area contributed by atoms with Crippen LogP contribution in [-0.4, -0.2) is 30.1 Å². The van der Waals surface area contributed by atoms with Gasteiger partial charge in [-0.1, -0.05) is 49.2 Å². The number of hydrogen-bond donors (Lipinski definition) is 3. The van der Waals surface area contributed by atoms with Crippen molar-refractivity contribution in [1.82, 2.24) is 5.32 Å². The lowest BCUT2D eigenvalue weighted by atomic mass is 10.1. The van der Waals surface area contributed by atoms with Crippen molar-refractivity contribution in [3.63, 3.8) is 0 Å². The third-order valence-corrected chi connectivity index (χ3v) is 3.27. The van der Waals surface area contributed by atoms with E-state index >= 15 is 0 Å². The van der Waals surface area contributed by atoms with E-state index in [-0.39, 0.29) is 18.4 Å². The number of hydrogen-bond acceptors (Lipinski definition) is 3. The van der Waals surface area contributed by atoms with Crippen LogP contribution in [-0.2, 0) is 0 Å². The first-order valence-corrected chi connectivity index (χ1v) is 8.76. The molecule has 0 fully saturated rings. The summed E-state index contributed by atoms with van der Waals surface area (Å²) in [6, 6.07) is 14.6. The molecule has 0 heterocycles. The standard InChI is InChI=1S/C11H15NO2.C8H9NO.C2H6/c1-9-3-5-10(6-4-9)11(14)12-7-2-8-13;1-6-2-4-7(5-3-6)8(9)10;1-2/h3-6,13H,2,7-8H2,1H3,(H,12,14);2-5H,1H3,(H2,9,10);1-2H3. The van der Waals surface area contributed by atoms with Gasteiger partial charge in [0.1, 0.15) is 0 Å². The molecule has 0 atom stereocenters. The molecule has 5 heteroatoms. The Hall–Kier alpha value is -2.66. The Kier molecular flexibility index (Phi) is 12.2. The van der Waals surface area contributed by atoms with Gasteiger partial charge in [0.25, 0.3) is 5.91 Å². The van der Waals surface area contributed by atoms with E-state index in [9.17, 15) is 9.59 Å². The largest absolute Gasteiger partial charge is 0.396 e. The van der Waals surface area contributed by atoms with E-state index in [4.69, 9.17) is 10.8 Å². The summed E-state index contributed by atoms with van der Waals surface area (Å²) in [5.74, 6) is -0.460. The first-order valence-electron chi connectivity index (χ1n) is 8.76. The molecule has 4 N–H and O–H groups in total. The smallest absolute Gasteiger partial charge is 0.251 e. The second-order valence-corrected chi connectivity index (χ2v) is 5.43. The summed E-state index contributed by atoms with van der Waals surface area (Å²) in [4.78, 5) is 22.0. The maximum Gasteiger partial charge on any atom is 0.251 e. The van der Waals surface area contributed by atoms with Gasteiger partial charge in [-0.15, -0.1) is 0 Å². The van der Waals surface area contributed by atoms with E-state index in [1.54, 1.807) is 24.3 Å². The Morgan fingerprint density at radius 1 is 0.885 bits per heavy atom. The molecule has 0 bridgehead atoms. The molecular formula is C21H30N2O3. The molecule has 0 saturated carbocycles. The van der Waals surface area contributed by atoms with Gasteiger partial charge in [-0.25, -0.2) is 0 Å². The molecule has 0 aliphatic rings. The minimum absolute atomic E-state index is 0.0848. The molecule has 0 radical (unpaired) electrons. The number of aryl methyl sites for hydroxylation is 2. The molecule has 0 saturated heterocycles. The van der Waals surface area contributed by atoms with Crippen LogP contribution in [0.4, 0.5) is 0 Å². The van der Waals surface area contributed by atoms with Crippen LogP contribution in [0.1, 0.15) is 52.1 Å². The Morgan fingerprint density at radius 2 is 1.31 bits per heavy atom. The highest BCUT2D eigenvalue weighted by Crippen LogP contribution is 2.02. The molecule has 2 aromatic rings. The topological polar surface area (TPSA) is 92.4 Å². The average Bonchev–Trinajstić information content (AvgIpc) is 2.65. The van der Waals surface area contributed by atoms with Gasteiger partial charge in [0.15, 0.2) is 0 Å². The van der Waals surface area contributed by atoms with E-state index in [2.05, 4.69) is 5.32 Å². The molecule has 0 spiro atoms. The number of benzene rings is 2. The van der Waals surface area contributed by atoms with E-state index < -0.39 is 0 Å². The summed E-state index contributed by atoms with van der Waals surface area (Å²) >= 11 is 0. The van der Waals surface area contributed by atoms with Crippen LogP contribution in [0.25, 0.3) is 0 Å². The SMILES string of the molecule is CC.Cc1ccc(C(=O)NCCCO)cc1.Cc1ccc(C(N)=O)cc1. The lowest BCUT2D eigenvalue weighted by Gasteiger charge is -2.03. The number of nitrogens with one attached hydrogen (secondary N) is 1. The van der Waals surface area contributed by atoms with Gasteiger partial charge in [-0.05, 0) is 44.5 Å². The predicted molar refractivity (Wildman–Crippen MR) is 106 cm³/mol. The third kappa shape index (κ3) is 9.59. The van der Waals surface area contributed by atoms with Gasteiger partial charge < -0.3 is 16.2 Å². The normalized spacial score (nSPS) is 9.12. The van der Waals surface area contributed by atoms with Gasteiger partial charge in [-0.2, -0.15) is 0 Å². The second-order valence-electron chi connectivity index (χ2n) is 5.43. The zero-order chi connectivity index (χ0) is 19.9. The van der Waals surface area contributed by atoms with Crippen LogP contribution in [0, 0.1) is 13.8 Å². The van der Waals surface area contributed by atoms with Crippen molar-refractivity contribution >= 4 is 11.8 Å². The van der Waals surface area contributed by atoms with E-state index in [1.807, 2.05) is 52.0 Å². The molecule has 2 rings (SSSR count). The minimum atomic E-state index is -0.375. The van der Waals surface area contributed by atoms with Crippen molar-refractivity contribution in [3.05, 3.63) is 70.8 Å². The molecule has 26 heavy (non-hydrogen) atoms. The number of aliphatic hydroxyl groups is 1. The zero-order valence-corrected chi connectivity index (χ0v) is 16.1. The number of amides is 2. The van der Waals surface area contributed by atoms with Crippen molar-refractivity contribution < 1.29 is 14.7 Å². The number of carbonyl (C=O) groups is 2. The highest BCUT2D eigenvalue weighted by atomic mass is 16.3. The van der Waals surface area contributed by atoms with Crippen molar-refractivity contribution in [1.29, 1.82) is 0 Å². The first kappa shape index (κ1) is 23.3. The van der Waals surface area contributed by atoms with Crippen LogP contribution in [0.2, 0.25) is 0 Å². The fourth-order valence-corrected chi connectivity index (χ4v) is 1.81. The molecule has 0 aliphatic heterocycles. The minimum Gasteiger partial charge on any atom is -0.396 e. The number of primary amides is 1. The zero-order valence-electron chi connectivity index (χ0n) is 16.1. The summed E-state index contributed by atoms with van der Waals surface area (Å²) < 4.78 is 0. The highest BCUT2D eigenvalue weighted by Gasteiger charge is 2.02. The lowest BCUT2D eigenvalue weighted by Crippen LogP contribution is -2.24. The lowest BCUT2D eigenvalue weighted by molar-refractivity contribution is 0.0949. The van der Waals surface area contributed by atoms with Crippen LogP contribution < -0.4 is 11.1 Å². The van der Waals surface area contributed by atoms with Crippen molar-refractivity contribution in [2.75, 3.05) is 13.2 Å². The molecule has 2 amide bonds. The Balaban J connectivity index is 0.000000458. The molecule has 2 aromatic carbocycles. The maximum absolute atomic E-state index is 11.4. The average molecular weight is 358 g/mol. The van der Waals surface area contributed by atoms with Gasteiger partial charge in [0.05, 0.1) is 0 Å². The summed E-state index contributed by atoms with van der Waals surface area (Å²) in [5, 5.41) is 11.3. The highest BCUT2D eigenvalue weighted by molar-refractivity contribution is 5.94. The molecule has 0 aliphatic carbocycles. The van der Waals surface area contributed by atoms with Crippen LogP contribution >= 0.6 is 0 Å².